The number of benzene rings is 2. The molecule has 0 bridgehead atoms. The summed E-state index contributed by atoms with van der Waals surface area (Å²) in [7, 11) is 0. The van der Waals surface area contributed by atoms with Gasteiger partial charge < -0.3 is 5.32 Å². The summed E-state index contributed by atoms with van der Waals surface area (Å²) in [5, 5.41) is 2.91. The number of anilines is 1. The number of carbonyl (C=O) groups is 2. The zero-order valence-corrected chi connectivity index (χ0v) is 16.1. The Hall–Kier alpha value is -3.27. The van der Waals surface area contributed by atoms with Gasteiger partial charge in [0.05, 0.1) is 0 Å². The van der Waals surface area contributed by atoms with Crippen LogP contribution in [0.4, 0.5) is 5.69 Å². The molecule has 0 unspecified atom stereocenters. The molecule has 1 heterocycles. The highest BCUT2D eigenvalue weighted by atomic mass is 16.2. The molecule has 2 aromatic carbocycles. The van der Waals surface area contributed by atoms with Crippen molar-refractivity contribution in [3.63, 3.8) is 0 Å². The molecule has 0 spiro atoms. The third-order valence-electron chi connectivity index (χ3n) is 4.57. The van der Waals surface area contributed by atoms with E-state index in [1.54, 1.807) is 41.2 Å². The second-order valence-electron chi connectivity index (χ2n) is 6.80. The van der Waals surface area contributed by atoms with Gasteiger partial charge in [-0.1, -0.05) is 55.8 Å². The fraction of sp³-hybridized carbons (Fsp3) is 0.208. The molecule has 4 heteroatoms. The van der Waals surface area contributed by atoms with Crippen LogP contribution in [-0.4, -0.2) is 11.7 Å². The Balaban J connectivity index is 1.56. The van der Waals surface area contributed by atoms with Crippen LogP contribution in [0, 0.1) is 0 Å². The quantitative estimate of drug-likeness (QED) is 0.475. The molecule has 0 aliphatic rings. The third-order valence-corrected chi connectivity index (χ3v) is 4.57. The molecule has 1 N–H and O–H groups in total. The van der Waals surface area contributed by atoms with Gasteiger partial charge in [-0.15, -0.1) is 0 Å². The fourth-order valence-electron chi connectivity index (χ4n) is 2.97. The first-order chi connectivity index (χ1) is 13.7. The van der Waals surface area contributed by atoms with E-state index in [-0.39, 0.29) is 18.2 Å². The molecule has 0 radical (unpaired) electrons. The maximum atomic E-state index is 12.4. The lowest BCUT2D eigenvalue weighted by molar-refractivity contribution is -0.684. The minimum absolute atomic E-state index is 0.0274. The summed E-state index contributed by atoms with van der Waals surface area (Å²) in [6, 6.07) is 20.6. The highest BCUT2D eigenvalue weighted by Gasteiger charge is 2.13. The van der Waals surface area contributed by atoms with E-state index in [0.717, 1.165) is 12.1 Å². The number of nitrogens with zero attached hydrogens (tertiary/aromatic N) is 1. The molecule has 4 nitrogen and oxygen atoms in total. The second-order valence-corrected chi connectivity index (χ2v) is 6.80. The number of ketones is 1. The molecule has 1 amide bonds. The number of rotatable bonds is 8. The minimum atomic E-state index is -0.103. The van der Waals surface area contributed by atoms with Crippen molar-refractivity contribution in [1.29, 1.82) is 0 Å². The summed E-state index contributed by atoms with van der Waals surface area (Å²) in [5.41, 5.74) is 3.33. The Labute approximate surface area is 165 Å². The van der Waals surface area contributed by atoms with Crippen molar-refractivity contribution in [2.75, 3.05) is 5.32 Å². The second kappa shape index (κ2) is 9.60. The summed E-state index contributed by atoms with van der Waals surface area (Å²) in [5.74, 6) is -0.131. The van der Waals surface area contributed by atoms with Gasteiger partial charge >= 0.3 is 0 Å². The number of unbranched alkanes of at least 4 members (excludes halogenated alkanes) is 1. The van der Waals surface area contributed by atoms with Crippen molar-refractivity contribution < 1.29 is 14.2 Å². The maximum Gasteiger partial charge on any atom is 0.290 e. The zero-order valence-electron chi connectivity index (χ0n) is 16.1. The standard InChI is InChI=1S/C24H24N2O2/c1-2-3-7-19-10-12-22(13-11-19)25-23(27)18-26-16-14-21(15-17-26)24(28)20-8-5-4-6-9-20/h4-6,8-17H,2-3,7,18H2,1H3/p+1. The summed E-state index contributed by atoms with van der Waals surface area (Å²) in [6.07, 6.45) is 6.92. The number of aryl methyl sites for hydroxylation is 1. The van der Waals surface area contributed by atoms with Gasteiger partial charge in [0.15, 0.2) is 18.2 Å². The van der Waals surface area contributed by atoms with Crippen LogP contribution in [0.1, 0.15) is 41.3 Å². The number of hydrogen-bond acceptors (Lipinski definition) is 2. The van der Waals surface area contributed by atoms with E-state index in [4.69, 9.17) is 0 Å². The van der Waals surface area contributed by atoms with Crippen molar-refractivity contribution in [2.24, 2.45) is 0 Å². The number of carbonyl (C=O) groups excluding carboxylic acids is 2. The topological polar surface area (TPSA) is 50.1 Å². The van der Waals surface area contributed by atoms with Gasteiger partial charge in [0, 0.05) is 28.9 Å². The third kappa shape index (κ3) is 5.36. The molecule has 1 aromatic heterocycles. The Morgan fingerprint density at radius 1 is 0.857 bits per heavy atom. The highest BCUT2D eigenvalue weighted by Crippen LogP contribution is 2.12. The van der Waals surface area contributed by atoms with Crippen LogP contribution >= 0.6 is 0 Å². The number of pyridine rings is 1. The van der Waals surface area contributed by atoms with Crippen LogP contribution in [0.3, 0.4) is 0 Å². The fourth-order valence-corrected chi connectivity index (χ4v) is 2.97. The monoisotopic (exact) mass is 373 g/mol. The molecular weight excluding hydrogens is 348 g/mol. The average Bonchev–Trinajstić information content (AvgIpc) is 2.74. The maximum absolute atomic E-state index is 12.4. The lowest BCUT2D eigenvalue weighted by Crippen LogP contribution is -2.39. The van der Waals surface area contributed by atoms with Gasteiger partial charge in [-0.25, -0.2) is 0 Å². The van der Waals surface area contributed by atoms with Crippen molar-refractivity contribution >= 4 is 17.4 Å². The lowest BCUT2D eigenvalue weighted by Gasteiger charge is -2.05. The zero-order chi connectivity index (χ0) is 19.8. The molecule has 142 valence electrons. The van der Waals surface area contributed by atoms with Gasteiger partial charge in [-0.05, 0) is 30.5 Å². The SMILES string of the molecule is CCCCc1ccc(NC(=O)C[n+]2ccc(C(=O)c3ccccc3)cc2)cc1. The van der Waals surface area contributed by atoms with E-state index in [9.17, 15) is 9.59 Å². The predicted octanol–water partition coefficient (Wildman–Crippen LogP) is 4.19. The first kappa shape index (κ1) is 19.5. The van der Waals surface area contributed by atoms with Crippen molar-refractivity contribution in [3.05, 3.63) is 95.8 Å². The highest BCUT2D eigenvalue weighted by molar-refractivity contribution is 6.08. The Kier molecular flexibility index (Phi) is 6.68. The largest absolute Gasteiger partial charge is 0.321 e. The van der Waals surface area contributed by atoms with E-state index < -0.39 is 0 Å². The van der Waals surface area contributed by atoms with Gasteiger partial charge in [-0.2, -0.15) is 4.57 Å². The van der Waals surface area contributed by atoms with Gasteiger partial charge in [0.25, 0.3) is 5.91 Å². The summed E-state index contributed by atoms with van der Waals surface area (Å²) in [6.45, 7) is 2.37. The lowest BCUT2D eigenvalue weighted by atomic mass is 10.0. The van der Waals surface area contributed by atoms with Crippen LogP contribution in [0.15, 0.2) is 79.1 Å². The van der Waals surface area contributed by atoms with E-state index >= 15 is 0 Å². The summed E-state index contributed by atoms with van der Waals surface area (Å²) in [4.78, 5) is 24.7. The number of aromatic nitrogens is 1. The van der Waals surface area contributed by atoms with Crippen LogP contribution in [-0.2, 0) is 17.8 Å². The van der Waals surface area contributed by atoms with Crippen molar-refractivity contribution in [3.8, 4) is 0 Å². The van der Waals surface area contributed by atoms with Crippen LogP contribution in [0.25, 0.3) is 0 Å². The molecule has 3 rings (SSSR count). The molecule has 3 aromatic rings. The van der Waals surface area contributed by atoms with Crippen LogP contribution < -0.4 is 9.88 Å². The van der Waals surface area contributed by atoms with Gasteiger partial charge in [0.2, 0.25) is 6.54 Å². The molecule has 0 saturated carbocycles. The van der Waals surface area contributed by atoms with Crippen LogP contribution in [0.2, 0.25) is 0 Å². The smallest absolute Gasteiger partial charge is 0.290 e. The van der Waals surface area contributed by atoms with Crippen molar-refractivity contribution in [2.45, 2.75) is 32.7 Å². The number of amides is 1. The van der Waals surface area contributed by atoms with Gasteiger partial charge in [-0.3, -0.25) is 9.59 Å². The Morgan fingerprint density at radius 2 is 1.50 bits per heavy atom. The molecule has 0 fully saturated rings. The molecule has 28 heavy (non-hydrogen) atoms. The van der Waals surface area contributed by atoms with E-state index in [1.165, 1.54) is 18.4 Å². The predicted molar refractivity (Wildman–Crippen MR) is 110 cm³/mol. The van der Waals surface area contributed by atoms with E-state index in [0.29, 0.717) is 11.1 Å². The molecule has 0 atom stereocenters. The van der Waals surface area contributed by atoms with E-state index in [1.807, 2.05) is 30.3 Å². The van der Waals surface area contributed by atoms with Gasteiger partial charge in [0.1, 0.15) is 0 Å². The average molecular weight is 373 g/mol. The minimum Gasteiger partial charge on any atom is -0.321 e. The van der Waals surface area contributed by atoms with Crippen LogP contribution in [0.5, 0.6) is 0 Å². The number of hydrogen-bond donors (Lipinski definition) is 1. The summed E-state index contributed by atoms with van der Waals surface area (Å²) >= 11 is 0. The first-order valence-corrected chi connectivity index (χ1v) is 9.63. The molecule has 0 aliphatic carbocycles. The Bertz CT molecular complexity index is 917. The first-order valence-electron chi connectivity index (χ1n) is 9.63. The Morgan fingerprint density at radius 3 is 2.14 bits per heavy atom. The summed E-state index contributed by atoms with van der Waals surface area (Å²) < 4.78 is 1.76. The molecule has 0 aliphatic heterocycles. The normalized spacial score (nSPS) is 10.5. The van der Waals surface area contributed by atoms with Crippen molar-refractivity contribution in [1.82, 2.24) is 0 Å². The number of nitrogens with one attached hydrogen (secondary N) is 1. The van der Waals surface area contributed by atoms with E-state index in [2.05, 4.69) is 24.4 Å². The molecule has 0 saturated heterocycles. The molecular formula is C24H25N2O2+.